The van der Waals surface area contributed by atoms with Gasteiger partial charge in [-0.3, -0.25) is 4.79 Å². The first kappa shape index (κ1) is 11.9. The van der Waals surface area contributed by atoms with E-state index in [9.17, 15) is 23.1 Å². The van der Waals surface area contributed by atoms with Gasteiger partial charge in [0.25, 0.3) is 11.5 Å². The summed E-state index contributed by atoms with van der Waals surface area (Å²) < 4.78 is 38.5. The number of rotatable bonds is 0. The first-order valence-electron chi connectivity index (χ1n) is 4.90. The van der Waals surface area contributed by atoms with Crippen LogP contribution >= 0.6 is 0 Å². The number of nitrogens with one attached hydrogen (secondary N) is 1. The van der Waals surface area contributed by atoms with E-state index in [0.717, 1.165) is 0 Å². The monoisotopic (exact) mass is 245 g/mol. The lowest BCUT2D eigenvalue weighted by atomic mass is 9.92. The molecule has 1 aromatic rings. The number of hydrogen-bond acceptors (Lipinski definition) is 2. The Bertz CT molecular complexity index is 510. The van der Waals surface area contributed by atoms with E-state index < -0.39 is 23.2 Å². The molecule has 0 saturated carbocycles. The third-order valence-electron chi connectivity index (χ3n) is 2.85. The van der Waals surface area contributed by atoms with Crippen molar-refractivity contribution in [3.8, 4) is 0 Å². The van der Waals surface area contributed by atoms with Gasteiger partial charge < -0.3 is 10.4 Å². The number of amides is 1. The summed E-state index contributed by atoms with van der Waals surface area (Å²) in [5.74, 6) is -1.45. The molecule has 0 saturated heterocycles. The molecule has 92 valence electrons. The zero-order valence-electron chi connectivity index (χ0n) is 9.14. The molecule has 0 bridgehead atoms. The maximum Gasteiger partial charge on any atom is 0.430 e. The first-order chi connectivity index (χ1) is 7.68. The Morgan fingerprint density at radius 1 is 1.29 bits per heavy atom. The summed E-state index contributed by atoms with van der Waals surface area (Å²) in [6.45, 7) is 3.18. The zero-order valence-corrected chi connectivity index (χ0v) is 9.14. The van der Waals surface area contributed by atoms with Crippen molar-refractivity contribution in [2.24, 2.45) is 0 Å². The van der Waals surface area contributed by atoms with Crippen LogP contribution in [0.3, 0.4) is 0 Å². The maximum atomic E-state index is 12.8. The van der Waals surface area contributed by atoms with Gasteiger partial charge in [0, 0.05) is 5.56 Å². The van der Waals surface area contributed by atoms with Crippen LogP contribution in [0.5, 0.6) is 0 Å². The molecule has 0 spiro atoms. The molecule has 2 N–H and O–H groups in total. The summed E-state index contributed by atoms with van der Waals surface area (Å²) in [4.78, 5) is 11.4. The summed E-state index contributed by atoms with van der Waals surface area (Å²) >= 11 is 0. The highest BCUT2D eigenvalue weighted by Gasteiger charge is 2.64. The predicted molar refractivity (Wildman–Crippen MR) is 54.5 cm³/mol. The highest BCUT2D eigenvalue weighted by atomic mass is 19.4. The minimum Gasteiger partial charge on any atom is -0.368 e. The number of anilines is 1. The van der Waals surface area contributed by atoms with E-state index in [0.29, 0.717) is 11.1 Å². The molecule has 2 rings (SSSR count). The Balaban J connectivity index is 2.74. The van der Waals surface area contributed by atoms with Crippen LogP contribution < -0.4 is 5.32 Å². The Labute approximate surface area is 95.3 Å². The first-order valence-corrected chi connectivity index (χ1v) is 4.90. The summed E-state index contributed by atoms with van der Waals surface area (Å²) in [6.07, 6.45) is -5.04. The molecule has 0 unspecified atom stereocenters. The van der Waals surface area contributed by atoms with Crippen LogP contribution in [0.4, 0.5) is 18.9 Å². The molecule has 1 aromatic carbocycles. The molecule has 1 heterocycles. The smallest absolute Gasteiger partial charge is 0.368 e. The number of hydrogen-bond donors (Lipinski definition) is 2. The molecule has 0 fully saturated rings. The number of alkyl halides is 3. The largest absolute Gasteiger partial charge is 0.430 e. The Kier molecular flexibility index (Phi) is 2.26. The molecular weight excluding hydrogens is 235 g/mol. The van der Waals surface area contributed by atoms with Gasteiger partial charge in [-0.15, -0.1) is 0 Å². The average molecular weight is 245 g/mol. The summed E-state index contributed by atoms with van der Waals surface area (Å²) in [5.41, 5.74) is -2.78. The second-order valence-corrected chi connectivity index (χ2v) is 4.17. The third kappa shape index (κ3) is 1.44. The fraction of sp³-hybridized carbons (Fsp3) is 0.364. The average Bonchev–Trinajstić information content (AvgIpc) is 2.42. The van der Waals surface area contributed by atoms with Crippen LogP contribution in [0, 0.1) is 13.8 Å². The van der Waals surface area contributed by atoms with Gasteiger partial charge in [0.15, 0.2) is 0 Å². The molecule has 6 heteroatoms. The van der Waals surface area contributed by atoms with E-state index in [4.69, 9.17) is 0 Å². The maximum absolute atomic E-state index is 12.8. The van der Waals surface area contributed by atoms with Crippen molar-refractivity contribution in [3.05, 3.63) is 28.8 Å². The number of fused-ring (bicyclic) bond motifs is 1. The minimum atomic E-state index is -5.04. The van der Waals surface area contributed by atoms with Crippen LogP contribution in [0.1, 0.15) is 16.7 Å². The SMILES string of the molecule is Cc1cc(C)c2c(c1)[C@](O)(C(F)(F)F)C(=O)N2. The molecule has 1 aliphatic heterocycles. The van der Waals surface area contributed by atoms with Gasteiger partial charge in [-0.05, 0) is 19.4 Å². The number of carbonyl (C=O) groups excluding carboxylic acids is 1. The summed E-state index contributed by atoms with van der Waals surface area (Å²) in [6, 6.07) is 2.81. The standard InChI is InChI=1S/C11H10F3NO2/c1-5-3-6(2)8-7(4-5)10(17,9(16)15-8)11(12,13)14/h3-4,17H,1-2H3,(H,15,16)/t10-/m1/s1. The quantitative estimate of drug-likeness (QED) is 0.734. The second kappa shape index (κ2) is 3.22. The number of halogens is 3. The number of carbonyl (C=O) groups is 1. The topological polar surface area (TPSA) is 49.3 Å². The molecule has 0 aromatic heterocycles. The van der Waals surface area contributed by atoms with Crippen molar-refractivity contribution in [1.82, 2.24) is 0 Å². The Morgan fingerprint density at radius 2 is 1.88 bits per heavy atom. The highest BCUT2D eigenvalue weighted by Crippen LogP contribution is 2.47. The van der Waals surface area contributed by atoms with E-state index in [1.165, 1.54) is 6.07 Å². The molecule has 1 atom stereocenters. The molecule has 3 nitrogen and oxygen atoms in total. The van der Waals surface area contributed by atoms with Crippen LogP contribution in [-0.4, -0.2) is 17.2 Å². The number of aliphatic hydroxyl groups is 1. The normalized spacial score (nSPS) is 23.5. The summed E-state index contributed by atoms with van der Waals surface area (Å²) in [7, 11) is 0. The van der Waals surface area contributed by atoms with Crippen molar-refractivity contribution in [3.63, 3.8) is 0 Å². The minimum absolute atomic E-state index is 0.0421. The van der Waals surface area contributed by atoms with Crippen LogP contribution in [0.25, 0.3) is 0 Å². The van der Waals surface area contributed by atoms with Crippen molar-refractivity contribution < 1.29 is 23.1 Å². The lowest BCUT2D eigenvalue weighted by Gasteiger charge is -2.24. The van der Waals surface area contributed by atoms with Crippen LogP contribution in [0.15, 0.2) is 12.1 Å². The Hall–Kier alpha value is -1.56. The third-order valence-corrected chi connectivity index (χ3v) is 2.85. The molecule has 0 radical (unpaired) electrons. The highest BCUT2D eigenvalue weighted by molar-refractivity contribution is 6.06. The summed E-state index contributed by atoms with van der Waals surface area (Å²) in [5, 5.41) is 11.7. The van der Waals surface area contributed by atoms with E-state index in [2.05, 4.69) is 5.32 Å². The predicted octanol–water partition coefficient (Wildman–Crippen LogP) is 2.01. The zero-order chi connectivity index (χ0) is 13.0. The molecule has 1 aliphatic rings. The lowest BCUT2D eigenvalue weighted by molar-refractivity contribution is -0.252. The molecular formula is C11H10F3NO2. The van der Waals surface area contributed by atoms with Crippen LogP contribution in [-0.2, 0) is 10.4 Å². The van der Waals surface area contributed by atoms with Crippen molar-refractivity contribution in [2.75, 3.05) is 5.32 Å². The van der Waals surface area contributed by atoms with Gasteiger partial charge in [0.1, 0.15) is 0 Å². The van der Waals surface area contributed by atoms with Crippen molar-refractivity contribution in [1.29, 1.82) is 0 Å². The van der Waals surface area contributed by atoms with Gasteiger partial charge in [-0.1, -0.05) is 17.7 Å². The van der Waals surface area contributed by atoms with Crippen molar-refractivity contribution in [2.45, 2.75) is 25.6 Å². The molecule has 0 aliphatic carbocycles. The lowest BCUT2D eigenvalue weighted by Crippen LogP contribution is -2.47. The molecule has 1 amide bonds. The Morgan fingerprint density at radius 3 is 2.41 bits per heavy atom. The van der Waals surface area contributed by atoms with Crippen molar-refractivity contribution >= 4 is 11.6 Å². The van der Waals surface area contributed by atoms with Gasteiger partial charge in [-0.25, -0.2) is 0 Å². The van der Waals surface area contributed by atoms with E-state index in [1.807, 2.05) is 0 Å². The van der Waals surface area contributed by atoms with E-state index in [1.54, 1.807) is 19.9 Å². The fourth-order valence-electron chi connectivity index (χ4n) is 2.03. The van der Waals surface area contributed by atoms with Crippen LogP contribution in [0.2, 0.25) is 0 Å². The van der Waals surface area contributed by atoms with Gasteiger partial charge in [0.2, 0.25) is 0 Å². The van der Waals surface area contributed by atoms with E-state index >= 15 is 0 Å². The van der Waals surface area contributed by atoms with Gasteiger partial charge >= 0.3 is 6.18 Å². The number of aryl methyl sites for hydroxylation is 2. The number of benzene rings is 1. The molecule has 17 heavy (non-hydrogen) atoms. The second-order valence-electron chi connectivity index (χ2n) is 4.17. The van der Waals surface area contributed by atoms with Gasteiger partial charge in [0.05, 0.1) is 5.69 Å². The fourth-order valence-corrected chi connectivity index (χ4v) is 2.03. The van der Waals surface area contributed by atoms with Gasteiger partial charge in [-0.2, -0.15) is 13.2 Å². The van der Waals surface area contributed by atoms with E-state index in [-0.39, 0.29) is 5.69 Å².